The summed E-state index contributed by atoms with van der Waals surface area (Å²) in [5, 5.41) is 3.44. The van der Waals surface area contributed by atoms with Crippen molar-refractivity contribution in [2.24, 2.45) is 11.8 Å². The van der Waals surface area contributed by atoms with Gasteiger partial charge in [-0.3, -0.25) is 4.90 Å². The van der Waals surface area contributed by atoms with Crippen LogP contribution in [0.2, 0.25) is 0 Å². The predicted octanol–water partition coefficient (Wildman–Crippen LogP) is -0.287. The second-order valence-corrected chi connectivity index (χ2v) is 7.81. The molecule has 5 heteroatoms. The van der Waals surface area contributed by atoms with Crippen LogP contribution in [0.25, 0.3) is 0 Å². The molecule has 3 saturated heterocycles. The van der Waals surface area contributed by atoms with Gasteiger partial charge in [0.25, 0.3) is 0 Å². The average Bonchev–Trinajstić information content (AvgIpc) is 2.84. The highest BCUT2D eigenvalue weighted by atomic mass is 32.2. The van der Waals surface area contributed by atoms with E-state index in [0.29, 0.717) is 23.6 Å². The number of likely N-dealkylation sites (tertiary alicyclic amines) is 1. The molecule has 4 atom stereocenters. The van der Waals surface area contributed by atoms with E-state index in [2.05, 4.69) is 17.1 Å². The van der Waals surface area contributed by atoms with E-state index in [4.69, 9.17) is 0 Å². The zero-order valence-electron chi connectivity index (χ0n) is 9.72. The Morgan fingerprint density at radius 1 is 1.31 bits per heavy atom. The van der Waals surface area contributed by atoms with Crippen molar-refractivity contribution in [1.82, 2.24) is 10.2 Å². The lowest BCUT2D eigenvalue weighted by atomic mass is 9.95. The lowest BCUT2D eigenvalue weighted by Gasteiger charge is -2.29. The normalized spacial score (nSPS) is 47.3. The van der Waals surface area contributed by atoms with Crippen molar-refractivity contribution >= 4 is 9.84 Å². The van der Waals surface area contributed by atoms with Crippen LogP contribution in [0.3, 0.4) is 0 Å². The summed E-state index contributed by atoms with van der Waals surface area (Å²) in [5.41, 5.74) is 0. The van der Waals surface area contributed by atoms with E-state index in [0.717, 1.165) is 37.9 Å². The summed E-state index contributed by atoms with van der Waals surface area (Å²) in [6, 6.07) is 0.851. The number of nitrogens with zero attached hydrogens (tertiary/aromatic N) is 1. The van der Waals surface area contributed by atoms with E-state index < -0.39 is 9.84 Å². The molecule has 3 fully saturated rings. The zero-order valence-corrected chi connectivity index (χ0v) is 10.5. The quantitative estimate of drug-likeness (QED) is 0.689. The topological polar surface area (TPSA) is 49.4 Å². The Morgan fingerprint density at radius 3 is 2.75 bits per heavy atom. The maximum atomic E-state index is 11.5. The van der Waals surface area contributed by atoms with Gasteiger partial charge in [-0.25, -0.2) is 8.42 Å². The van der Waals surface area contributed by atoms with E-state index in [-0.39, 0.29) is 0 Å². The van der Waals surface area contributed by atoms with Crippen LogP contribution in [-0.2, 0) is 9.84 Å². The fourth-order valence-corrected chi connectivity index (χ4v) is 5.46. The number of fused-ring (bicyclic) bond motifs is 1. The molecule has 0 bridgehead atoms. The average molecular weight is 244 g/mol. The number of nitrogens with one attached hydrogen (secondary N) is 1. The molecule has 0 aliphatic carbocycles. The fraction of sp³-hybridized carbons (Fsp3) is 1.00. The first-order chi connectivity index (χ1) is 7.57. The molecule has 3 rings (SSSR count). The smallest absolute Gasteiger partial charge is 0.151 e. The molecule has 0 amide bonds. The van der Waals surface area contributed by atoms with Crippen molar-refractivity contribution in [3.63, 3.8) is 0 Å². The van der Waals surface area contributed by atoms with Gasteiger partial charge in [0.05, 0.1) is 11.5 Å². The zero-order chi connectivity index (χ0) is 11.3. The van der Waals surface area contributed by atoms with E-state index in [1.54, 1.807) is 0 Å². The van der Waals surface area contributed by atoms with Crippen LogP contribution in [-0.4, -0.2) is 56.5 Å². The van der Waals surface area contributed by atoms with Gasteiger partial charge in [-0.2, -0.15) is 0 Å². The van der Waals surface area contributed by atoms with Crippen LogP contribution in [0.1, 0.15) is 13.3 Å². The summed E-state index contributed by atoms with van der Waals surface area (Å²) in [4.78, 5) is 2.46. The van der Waals surface area contributed by atoms with Crippen molar-refractivity contribution < 1.29 is 8.42 Å². The number of rotatable bonds is 1. The molecular weight excluding hydrogens is 224 g/mol. The maximum Gasteiger partial charge on any atom is 0.151 e. The predicted molar refractivity (Wildman–Crippen MR) is 63.1 cm³/mol. The first kappa shape index (κ1) is 11.0. The lowest BCUT2D eigenvalue weighted by Crippen LogP contribution is -2.41. The standard InChI is InChI=1S/C11H20N2O2S/c1-8-11-5-12-4-9(11)6-13(8)10-2-3-16(14,15)7-10/h8-12H,2-7H2,1H3. The molecule has 0 saturated carbocycles. The van der Waals surface area contributed by atoms with Gasteiger partial charge in [0.15, 0.2) is 9.84 Å². The van der Waals surface area contributed by atoms with E-state index in [1.165, 1.54) is 0 Å². The minimum atomic E-state index is -2.74. The monoisotopic (exact) mass is 244 g/mol. The molecule has 3 heterocycles. The van der Waals surface area contributed by atoms with Crippen LogP contribution in [0.4, 0.5) is 0 Å². The molecule has 0 aromatic carbocycles. The molecule has 3 aliphatic heterocycles. The van der Waals surface area contributed by atoms with Crippen molar-refractivity contribution in [1.29, 1.82) is 0 Å². The van der Waals surface area contributed by atoms with Crippen molar-refractivity contribution in [3.05, 3.63) is 0 Å². The molecule has 92 valence electrons. The Balaban J connectivity index is 1.73. The minimum absolute atomic E-state index is 0.297. The molecule has 4 unspecified atom stereocenters. The summed E-state index contributed by atoms with van der Waals surface area (Å²) >= 11 is 0. The third kappa shape index (κ3) is 1.69. The molecule has 16 heavy (non-hydrogen) atoms. The Morgan fingerprint density at radius 2 is 2.12 bits per heavy atom. The fourth-order valence-electron chi connectivity index (χ4n) is 3.72. The van der Waals surface area contributed by atoms with Gasteiger partial charge < -0.3 is 5.32 Å². The largest absolute Gasteiger partial charge is 0.316 e. The van der Waals surface area contributed by atoms with Crippen LogP contribution in [0, 0.1) is 11.8 Å². The van der Waals surface area contributed by atoms with Crippen molar-refractivity contribution in [3.8, 4) is 0 Å². The summed E-state index contributed by atoms with van der Waals surface area (Å²) in [6.07, 6.45) is 0.847. The lowest BCUT2D eigenvalue weighted by molar-refractivity contribution is 0.184. The Kier molecular flexibility index (Phi) is 2.53. The second kappa shape index (κ2) is 3.68. The van der Waals surface area contributed by atoms with Gasteiger partial charge in [-0.1, -0.05) is 0 Å². The Bertz CT molecular complexity index is 381. The van der Waals surface area contributed by atoms with Gasteiger partial charge >= 0.3 is 0 Å². The number of hydrogen-bond acceptors (Lipinski definition) is 4. The molecule has 1 N–H and O–H groups in total. The van der Waals surface area contributed by atoms with E-state index in [1.807, 2.05) is 0 Å². The number of hydrogen-bond donors (Lipinski definition) is 1. The van der Waals surface area contributed by atoms with Crippen molar-refractivity contribution in [2.75, 3.05) is 31.1 Å². The minimum Gasteiger partial charge on any atom is -0.316 e. The molecule has 0 radical (unpaired) electrons. The Hall–Kier alpha value is -0.130. The highest BCUT2D eigenvalue weighted by molar-refractivity contribution is 7.91. The van der Waals surface area contributed by atoms with Crippen LogP contribution in [0.15, 0.2) is 0 Å². The third-order valence-electron chi connectivity index (χ3n) is 4.66. The molecular formula is C11H20N2O2S. The maximum absolute atomic E-state index is 11.5. The summed E-state index contributed by atoms with van der Waals surface area (Å²) in [6.45, 7) is 5.59. The third-order valence-corrected chi connectivity index (χ3v) is 6.41. The van der Waals surface area contributed by atoms with Gasteiger partial charge in [-0.15, -0.1) is 0 Å². The SMILES string of the molecule is CC1C2CNCC2CN1C1CCS(=O)(=O)C1. The van der Waals surface area contributed by atoms with Crippen molar-refractivity contribution in [2.45, 2.75) is 25.4 Å². The van der Waals surface area contributed by atoms with E-state index in [9.17, 15) is 8.42 Å². The summed E-state index contributed by atoms with van der Waals surface area (Å²) in [5.74, 6) is 2.28. The van der Waals surface area contributed by atoms with Gasteiger partial charge in [0.1, 0.15) is 0 Å². The molecule has 0 aromatic heterocycles. The molecule has 0 spiro atoms. The van der Waals surface area contributed by atoms with Gasteiger partial charge in [-0.05, 0) is 38.3 Å². The van der Waals surface area contributed by atoms with E-state index >= 15 is 0 Å². The first-order valence-electron chi connectivity index (χ1n) is 6.24. The highest BCUT2D eigenvalue weighted by Crippen LogP contribution is 2.35. The first-order valence-corrected chi connectivity index (χ1v) is 8.06. The number of sulfone groups is 1. The van der Waals surface area contributed by atoms with Crippen LogP contribution < -0.4 is 5.32 Å². The highest BCUT2D eigenvalue weighted by Gasteiger charge is 2.46. The molecule has 4 nitrogen and oxygen atoms in total. The summed E-state index contributed by atoms with van der Waals surface area (Å²) in [7, 11) is -2.74. The van der Waals surface area contributed by atoms with Crippen LogP contribution in [0.5, 0.6) is 0 Å². The van der Waals surface area contributed by atoms with Crippen LogP contribution >= 0.6 is 0 Å². The van der Waals surface area contributed by atoms with Gasteiger partial charge in [0.2, 0.25) is 0 Å². The molecule has 3 aliphatic rings. The summed E-state index contributed by atoms with van der Waals surface area (Å²) < 4.78 is 23.0. The van der Waals surface area contributed by atoms with Gasteiger partial charge in [0, 0.05) is 18.6 Å². The second-order valence-electron chi connectivity index (χ2n) is 5.58. The Labute approximate surface area is 97.3 Å². The molecule has 0 aromatic rings.